The number of ketones is 1. The van der Waals surface area contributed by atoms with Crippen LogP contribution in [0.1, 0.15) is 39.0 Å². The van der Waals surface area contributed by atoms with Gasteiger partial charge in [0.15, 0.2) is 0 Å². The molecule has 1 heteroatoms. The van der Waals surface area contributed by atoms with Crippen LogP contribution < -0.4 is 0 Å². The van der Waals surface area contributed by atoms with Gasteiger partial charge >= 0.3 is 0 Å². The number of carbonyl (C=O) groups excluding carboxylic acids is 1. The third kappa shape index (κ3) is 1.59. The molecule has 0 aromatic carbocycles. The Morgan fingerprint density at radius 1 is 1.50 bits per heavy atom. The summed E-state index contributed by atoms with van der Waals surface area (Å²) in [5, 5.41) is 0. The Labute approximate surface area is 62.8 Å². The molecule has 0 bridgehead atoms. The van der Waals surface area contributed by atoms with Crippen molar-refractivity contribution >= 4 is 5.78 Å². The number of carbonyl (C=O) groups is 1. The van der Waals surface area contributed by atoms with Crippen molar-refractivity contribution in [2.45, 2.75) is 39.0 Å². The molecule has 0 heterocycles. The highest BCUT2D eigenvalue weighted by atomic mass is 16.1. The molecule has 1 radical (unpaired) electrons. The first-order chi connectivity index (χ1) is 4.66. The monoisotopic (exact) mass is 139 g/mol. The van der Waals surface area contributed by atoms with Gasteiger partial charge in [-0.3, -0.25) is 4.79 Å². The van der Waals surface area contributed by atoms with Crippen LogP contribution in [-0.4, -0.2) is 5.78 Å². The molecular weight excluding hydrogens is 124 g/mol. The quantitative estimate of drug-likeness (QED) is 0.545. The second kappa shape index (κ2) is 2.73. The summed E-state index contributed by atoms with van der Waals surface area (Å²) in [4.78, 5) is 10.8. The zero-order chi connectivity index (χ0) is 7.61. The standard InChI is InChI=1S/C9H15O/c1-3-9(2)6-4-8(10)5-7-9/h1,3-7H2,2H3. The Bertz CT molecular complexity index is 128. The first-order valence-corrected chi connectivity index (χ1v) is 3.97. The molecule has 0 aromatic heterocycles. The molecular formula is C9H15O. The molecule has 0 N–H and O–H groups in total. The van der Waals surface area contributed by atoms with Crippen LogP contribution in [0.25, 0.3) is 0 Å². The van der Waals surface area contributed by atoms with Crippen LogP contribution in [0.4, 0.5) is 0 Å². The summed E-state index contributed by atoms with van der Waals surface area (Å²) >= 11 is 0. The Morgan fingerprint density at radius 2 is 2.00 bits per heavy atom. The van der Waals surface area contributed by atoms with E-state index in [9.17, 15) is 4.79 Å². The topological polar surface area (TPSA) is 17.1 Å². The predicted octanol–water partition coefficient (Wildman–Crippen LogP) is 2.36. The highest BCUT2D eigenvalue weighted by Gasteiger charge is 2.27. The van der Waals surface area contributed by atoms with E-state index in [4.69, 9.17) is 0 Å². The smallest absolute Gasteiger partial charge is 0.132 e. The van der Waals surface area contributed by atoms with Crippen molar-refractivity contribution in [3.05, 3.63) is 6.92 Å². The lowest BCUT2D eigenvalue weighted by Crippen LogP contribution is -2.23. The van der Waals surface area contributed by atoms with Gasteiger partial charge in [0.25, 0.3) is 0 Å². The van der Waals surface area contributed by atoms with E-state index in [-0.39, 0.29) is 0 Å². The van der Waals surface area contributed by atoms with E-state index in [2.05, 4.69) is 13.8 Å². The largest absolute Gasteiger partial charge is 0.300 e. The molecule has 57 valence electrons. The highest BCUT2D eigenvalue weighted by molar-refractivity contribution is 5.79. The summed E-state index contributed by atoms with van der Waals surface area (Å²) in [5.74, 6) is 0.436. The van der Waals surface area contributed by atoms with Crippen LogP contribution in [0.2, 0.25) is 0 Å². The van der Waals surface area contributed by atoms with Gasteiger partial charge in [-0.2, -0.15) is 0 Å². The van der Waals surface area contributed by atoms with E-state index < -0.39 is 0 Å². The fourth-order valence-corrected chi connectivity index (χ4v) is 1.38. The number of hydrogen-bond donors (Lipinski definition) is 0. The Morgan fingerprint density at radius 3 is 2.40 bits per heavy atom. The molecule has 1 aliphatic carbocycles. The van der Waals surface area contributed by atoms with Crippen molar-refractivity contribution < 1.29 is 4.79 Å². The lowest BCUT2D eigenvalue weighted by Gasteiger charge is -2.31. The van der Waals surface area contributed by atoms with E-state index in [1.807, 2.05) is 0 Å². The maximum Gasteiger partial charge on any atom is 0.132 e. The van der Waals surface area contributed by atoms with E-state index in [0.29, 0.717) is 11.2 Å². The minimum atomic E-state index is 0.369. The van der Waals surface area contributed by atoms with Gasteiger partial charge in [-0.05, 0) is 24.7 Å². The van der Waals surface area contributed by atoms with Gasteiger partial charge in [0, 0.05) is 12.8 Å². The van der Waals surface area contributed by atoms with Gasteiger partial charge in [-0.1, -0.05) is 13.8 Å². The van der Waals surface area contributed by atoms with Gasteiger partial charge in [-0.15, -0.1) is 0 Å². The van der Waals surface area contributed by atoms with Crippen molar-refractivity contribution in [3.63, 3.8) is 0 Å². The third-order valence-corrected chi connectivity index (χ3v) is 2.62. The van der Waals surface area contributed by atoms with E-state index in [1.54, 1.807) is 0 Å². The van der Waals surface area contributed by atoms with E-state index in [1.165, 1.54) is 0 Å². The van der Waals surface area contributed by atoms with Crippen molar-refractivity contribution in [1.29, 1.82) is 0 Å². The zero-order valence-corrected chi connectivity index (χ0v) is 6.65. The molecule has 0 aliphatic heterocycles. The molecule has 0 amide bonds. The molecule has 0 aromatic rings. The number of hydrogen-bond acceptors (Lipinski definition) is 1. The van der Waals surface area contributed by atoms with Crippen molar-refractivity contribution in [2.75, 3.05) is 0 Å². The minimum absolute atomic E-state index is 0.369. The van der Waals surface area contributed by atoms with Crippen molar-refractivity contribution in [1.82, 2.24) is 0 Å². The Balaban J connectivity index is 2.46. The van der Waals surface area contributed by atoms with E-state index >= 15 is 0 Å². The molecule has 0 spiro atoms. The van der Waals surface area contributed by atoms with Crippen LogP contribution >= 0.6 is 0 Å². The van der Waals surface area contributed by atoms with Crippen LogP contribution in [0.3, 0.4) is 0 Å². The third-order valence-electron chi connectivity index (χ3n) is 2.62. The summed E-state index contributed by atoms with van der Waals surface area (Å²) in [6, 6.07) is 0. The fraction of sp³-hybridized carbons (Fsp3) is 0.778. The summed E-state index contributed by atoms with van der Waals surface area (Å²) in [5.41, 5.74) is 0.369. The average molecular weight is 139 g/mol. The van der Waals surface area contributed by atoms with Gasteiger partial charge in [0.05, 0.1) is 0 Å². The average Bonchev–Trinajstić information content (AvgIpc) is 1.96. The maximum absolute atomic E-state index is 10.8. The van der Waals surface area contributed by atoms with Crippen LogP contribution in [0, 0.1) is 12.3 Å². The lowest BCUT2D eigenvalue weighted by molar-refractivity contribution is -0.122. The van der Waals surface area contributed by atoms with Gasteiger partial charge < -0.3 is 0 Å². The summed E-state index contributed by atoms with van der Waals surface area (Å²) in [7, 11) is 0. The van der Waals surface area contributed by atoms with E-state index in [0.717, 1.165) is 32.1 Å². The normalized spacial score (nSPS) is 24.8. The predicted molar refractivity (Wildman–Crippen MR) is 41.6 cm³/mol. The molecule has 0 atom stereocenters. The summed E-state index contributed by atoms with van der Waals surface area (Å²) in [6.07, 6.45) is 4.64. The highest BCUT2D eigenvalue weighted by Crippen LogP contribution is 2.36. The molecule has 1 rings (SSSR count). The first-order valence-electron chi connectivity index (χ1n) is 3.97. The van der Waals surface area contributed by atoms with Crippen LogP contribution in [-0.2, 0) is 4.79 Å². The van der Waals surface area contributed by atoms with Gasteiger partial charge in [0.1, 0.15) is 5.78 Å². The lowest BCUT2D eigenvalue weighted by atomic mass is 9.74. The zero-order valence-electron chi connectivity index (χ0n) is 6.65. The van der Waals surface area contributed by atoms with Crippen molar-refractivity contribution in [2.24, 2.45) is 5.41 Å². The van der Waals surface area contributed by atoms with Crippen molar-refractivity contribution in [3.8, 4) is 0 Å². The molecule has 0 unspecified atom stereocenters. The maximum atomic E-state index is 10.8. The first kappa shape index (κ1) is 7.77. The molecule has 1 saturated carbocycles. The fourth-order valence-electron chi connectivity index (χ4n) is 1.38. The molecule has 1 aliphatic rings. The van der Waals surface area contributed by atoms with Crippen LogP contribution in [0.15, 0.2) is 0 Å². The molecule has 1 fully saturated rings. The molecule has 0 saturated heterocycles. The Hall–Kier alpha value is -0.330. The summed E-state index contributed by atoms with van der Waals surface area (Å²) < 4.78 is 0. The summed E-state index contributed by atoms with van der Waals surface area (Å²) in [6.45, 7) is 6.12. The minimum Gasteiger partial charge on any atom is -0.300 e. The molecule has 1 nitrogen and oxygen atoms in total. The molecule has 10 heavy (non-hydrogen) atoms. The number of rotatable bonds is 1. The van der Waals surface area contributed by atoms with Gasteiger partial charge in [0.2, 0.25) is 0 Å². The number of Topliss-reactive ketones (excluding diaryl/α,β-unsaturated/α-hetero) is 1. The van der Waals surface area contributed by atoms with Crippen LogP contribution in [0.5, 0.6) is 0 Å². The second-order valence-corrected chi connectivity index (χ2v) is 3.60. The Kier molecular flexibility index (Phi) is 2.12. The second-order valence-electron chi connectivity index (χ2n) is 3.60. The SMILES string of the molecule is [CH2]CC1(C)CCC(=O)CC1. The van der Waals surface area contributed by atoms with Gasteiger partial charge in [-0.25, -0.2) is 0 Å².